The molecule has 0 spiro atoms. The first-order chi connectivity index (χ1) is 11.2. The summed E-state index contributed by atoms with van der Waals surface area (Å²) in [6, 6.07) is 8.07. The fraction of sp³-hybridized carbons (Fsp3) is 0.412. The van der Waals surface area contributed by atoms with Crippen LogP contribution in [0.5, 0.6) is 0 Å². The molecule has 5 nitrogen and oxygen atoms in total. The fourth-order valence-corrected chi connectivity index (χ4v) is 2.64. The van der Waals surface area contributed by atoms with Gasteiger partial charge in [-0.1, -0.05) is 0 Å². The predicted octanol–water partition coefficient (Wildman–Crippen LogP) is 2.10. The maximum absolute atomic E-state index is 12.9. The summed E-state index contributed by atoms with van der Waals surface area (Å²) in [6.45, 7) is 1.82. The Hall–Kier alpha value is -2.21. The fourth-order valence-electron chi connectivity index (χ4n) is 2.64. The average Bonchev–Trinajstić information content (AvgIpc) is 3.05. The molecule has 1 atom stereocenters. The molecule has 1 N–H and O–H groups in total. The number of amides is 1. The van der Waals surface area contributed by atoms with Gasteiger partial charge in [-0.15, -0.1) is 0 Å². The van der Waals surface area contributed by atoms with Crippen molar-refractivity contribution in [2.45, 2.75) is 19.3 Å². The van der Waals surface area contributed by atoms with Crippen LogP contribution in [0.25, 0.3) is 5.69 Å². The molecule has 0 aliphatic carbocycles. The number of halogens is 1. The Balaban J connectivity index is 1.49. The number of hydrogen-bond donors (Lipinski definition) is 1. The van der Waals surface area contributed by atoms with Crippen LogP contribution >= 0.6 is 0 Å². The summed E-state index contributed by atoms with van der Waals surface area (Å²) < 4.78 is 19.9. The van der Waals surface area contributed by atoms with Crippen molar-refractivity contribution in [1.29, 1.82) is 0 Å². The molecule has 1 aromatic carbocycles. The molecular weight excluding hydrogens is 297 g/mol. The zero-order valence-electron chi connectivity index (χ0n) is 12.9. The van der Waals surface area contributed by atoms with Crippen molar-refractivity contribution in [3.05, 3.63) is 48.0 Å². The van der Waals surface area contributed by atoms with Gasteiger partial charge in [0, 0.05) is 25.8 Å². The topological polar surface area (TPSA) is 56.2 Å². The highest BCUT2D eigenvalue weighted by Gasteiger charge is 2.21. The third-order valence-corrected chi connectivity index (χ3v) is 3.95. The van der Waals surface area contributed by atoms with Crippen LogP contribution in [0.2, 0.25) is 0 Å². The molecule has 6 heteroatoms. The summed E-state index contributed by atoms with van der Waals surface area (Å²) in [4.78, 5) is 12.0. The van der Waals surface area contributed by atoms with Crippen LogP contribution in [0.3, 0.4) is 0 Å². The Kier molecular flexibility index (Phi) is 5.02. The molecule has 1 aliphatic heterocycles. The lowest BCUT2D eigenvalue weighted by molar-refractivity contribution is -0.128. The minimum Gasteiger partial charge on any atom is -0.381 e. The number of nitrogens with one attached hydrogen (secondary N) is 1. The summed E-state index contributed by atoms with van der Waals surface area (Å²) in [7, 11) is 0. The van der Waals surface area contributed by atoms with E-state index in [-0.39, 0.29) is 17.6 Å². The van der Waals surface area contributed by atoms with E-state index < -0.39 is 0 Å². The van der Waals surface area contributed by atoms with Crippen LogP contribution in [0.1, 0.15) is 18.5 Å². The zero-order valence-corrected chi connectivity index (χ0v) is 12.9. The first-order valence-electron chi connectivity index (χ1n) is 7.88. The summed E-state index contributed by atoms with van der Waals surface area (Å²) in [5.74, 6) is -0.237. The standard InChI is InChI=1S/C17H20FN3O2/c18-14-3-5-16(6-4-14)21-10-8-15(20-21)7-9-19-17(22)13-2-1-11-23-12-13/h3-6,8,10,13H,1-2,7,9,11-12H2,(H,19,22)/t13-/m0/s1. The van der Waals surface area contributed by atoms with E-state index in [9.17, 15) is 9.18 Å². The van der Waals surface area contributed by atoms with Gasteiger partial charge in [-0.05, 0) is 43.2 Å². The van der Waals surface area contributed by atoms with Crippen molar-refractivity contribution in [3.8, 4) is 5.69 Å². The van der Waals surface area contributed by atoms with Gasteiger partial charge in [0.2, 0.25) is 5.91 Å². The number of hydrogen-bond acceptors (Lipinski definition) is 3. The summed E-state index contributed by atoms with van der Waals surface area (Å²) >= 11 is 0. The minimum atomic E-state index is -0.268. The van der Waals surface area contributed by atoms with Crippen molar-refractivity contribution in [2.24, 2.45) is 5.92 Å². The third kappa shape index (κ3) is 4.16. The normalized spacial score (nSPS) is 17.9. The van der Waals surface area contributed by atoms with Gasteiger partial charge in [-0.2, -0.15) is 5.10 Å². The Bertz CT molecular complexity index is 648. The third-order valence-electron chi connectivity index (χ3n) is 3.95. The van der Waals surface area contributed by atoms with Gasteiger partial charge in [0.05, 0.1) is 23.9 Å². The summed E-state index contributed by atoms with van der Waals surface area (Å²) in [5.41, 5.74) is 1.69. The minimum absolute atomic E-state index is 0.0273. The second kappa shape index (κ2) is 7.37. The average molecular weight is 317 g/mol. The maximum Gasteiger partial charge on any atom is 0.225 e. The summed E-state index contributed by atoms with van der Waals surface area (Å²) in [5, 5.41) is 7.38. The zero-order chi connectivity index (χ0) is 16.1. The van der Waals surface area contributed by atoms with Crippen LogP contribution in [0, 0.1) is 11.7 Å². The van der Waals surface area contributed by atoms with Crippen molar-refractivity contribution in [3.63, 3.8) is 0 Å². The molecule has 3 rings (SSSR count). The van der Waals surface area contributed by atoms with Crippen molar-refractivity contribution >= 4 is 5.91 Å². The first kappa shape index (κ1) is 15.7. The molecule has 1 amide bonds. The largest absolute Gasteiger partial charge is 0.381 e. The number of benzene rings is 1. The second-order valence-corrected chi connectivity index (χ2v) is 5.68. The van der Waals surface area contributed by atoms with E-state index in [1.54, 1.807) is 16.8 Å². The van der Waals surface area contributed by atoms with Gasteiger partial charge >= 0.3 is 0 Å². The smallest absolute Gasteiger partial charge is 0.225 e. The van der Waals surface area contributed by atoms with Crippen molar-refractivity contribution < 1.29 is 13.9 Å². The Morgan fingerprint density at radius 3 is 2.91 bits per heavy atom. The van der Waals surface area contributed by atoms with E-state index >= 15 is 0 Å². The van der Waals surface area contributed by atoms with Gasteiger partial charge in [0.15, 0.2) is 0 Å². The van der Waals surface area contributed by atoms with E-state index in [4.69, 9.17) is 4.74 Å². The number of carbonyl (C=O) groups is 1. The Labute approximate surface area is 134 Å². The van der Waals surface area contributed by atoms with E-state index in [2.05, 4.69) is 10.4 Å². The molecule has 1 aromatic heterocycles. The highest BCUT2D eigenvalue weighted by Crippen LogP contribution is 2.13. The van der Waals surface area contributed by atoms with Crippen LogP contribution in [0.4, 0.5) is 4.39 Å². The van der Waals surface area contributed by atoms with Crippen LogP contribution in [-0.2, 0) is 16.0 Å². The lowest BCUT2D eigenvalue weighted by Gasteiger charge is -2.21. The van der Waals surface area contributed by atoms with E-state index in [1.807, 2.05) is 12.3 Å². The molecule has 1 aliphatic rings. The number of rotatable bonds is 5. The van der Waals surface area contributed by atoms with Crippen molar-refractivity contribution in [2.75, 3.05) is 19.8 Å². The van der Waals surface area contributed by atoms with Crippen molar-refractivity contribution in [1.82, 2.24) is 15.1 Å². The quantitative estimate of drug-likeness (QED) is 0.919. The van der Waals surface area contributed by atoms with Crippen LogP contribution < -0.4 is 5.32 Å². The van der Waals surface area contributed by atoms with Gasteiger partial charge in [0.1, 0.15) is 5.82 Å². The van der Waals surface area contributed by atoms with Gasteiger partial charge in [-0.25, -0.2) is 9.07 Å². The number of ether oxygens (including phenoxy) is 1. The molecule has 2 heterocycles. The van der Waals surface area contributed by atoms with Gasteiger partial charge in [0.25, 0.3) is 0 Å². The maximum atomic E-state index is 12.9. The molecule has 0 radical (unpaired) electrons. The molecule has 2 aromatic rings. The van der Waals surface area contributed by atoms with Gasteiger partial charge < -0.3 is 10.1 Å². The lowest BCUT2D eigenvalue weighted by Crippen LogP contribution is -2.36. The predicted molar refractivity (Wildman–Crippen MR) is 83.8 cm³/mol. The highest BCUT2D eigenvalue weighted by molar-refractivity contribution is 5.78. The molecule has 0 saturated carbocycles. The van der Waals surface area contributed by atoms with E-state index in [1.165, 1.54) is 12.1 Å². The molecule has 1 fully saturated rings. The molecule has 0 unspecified atom stereocenters. The molecule has 122 valence electrons. The molecule has 1 saturated heterocycles. The SMILES string of the molecule is O=C(NCCc1ccn(-c2ccc(F)cc2)n1)[C@H]1CCCOC1. The number of nitrogens with zero attached hydrogens (tertiary/aromatic N) is 2. The molecule has 0 bridgehead atoms. The lowest BCUT2D eigenvalue weighted by atomic mass is 10.0. The number of aromatic nitrogens is 2. The van der Waals surface area contributed by atoms with Gasteiger partial charge in [-0.3, -0.25) is 4.79 Å². The van der Waals surface area contributed by atoms with E-state index in [0.717, 1.165) is 30.8 Å². The molecule has 23 heavy (non-hydrogen) atoms. The molecular formula is C17H20FN3O2. The monoisotopic (exact) mass is 317 g/mol. The summed E-state index contributed by atoms with van der Waals surface area (Å²) in [6.07, 6.45) is 4.33. The number of carbonyl (C=O) groups excluding carboxylic acids is 1. The first-order valence-corrected chi connectivity index (χ1v) is 7.88. The highest BCUT2D eigenvalue weighted by atomic mass is 19.1. The second-order valence-electron chi connectivity index (χ2n) is 5.68. The van der Waals surface area contributed by atoms with Crippen LogP contribution in [-0.4, -0.2) is 35.4 Å². The van der Waals surface area contributed by atoms with Crippen LogP contribution in [0.15, 0.2) is 36.5 Å². The Morgan fingerprint density at radius 2 is 2.17 bits per heavy atom. The van der Waals surface area contributed by atoms with E-state index in [0.29, 0.717) is 19.6 Å². The Morgan fingerprint density at radius 1 is 1.35 bits per heavy atom.